The van der Waals surface area contributed by atoms with Crippen LogP contribution in [0.3, 0.4) is 0 Å². The number of nitro groups is 1. The molecule has 0 N–H and O–H groups in total. The topological polar surface area (TPSA) is 88.2 Å². The average Bonchev–Trinajstić information content (AvgIpc) is 2.95. The van der Waals surface area contributed by atoms with E-state index in [1.807, 2.05) is 0 Å². The van der Waals surface area contributed by atoms with Gasteiger partial charge in [-0.2, -0.15) is 5.10 Å². The third kappa shape index (κ3) is 4.91. The fourth-order valence-corrected chi connectivity index (χ4v) is 3.89. The zero-order valence-electron chi connectivity index (χ0n) is 14.6. The average molecular weight is 374 g/mol. The molecule has 0 spiro atoms. The molecule has 1 saturated carbocycles. The lowest BCUT2D eigenvalue weighted by Crippen LogP contribution is -2.28. The maximum atomic E-state index is 12.2. The van der Waals surface area contributed by atoms with Crippen molar-refractivity contribution in [2.75, 3.05) is 5.75 Å². The first-order valence-corrected chi connectivity index (χ1v) is 9.92. The highest BCUT2D eigenvalue weighted by atomic mass is 32.2. The Labute approximate surface area is 156 Å². The van der Waals surface area contributed by atoms with Gasteiger partial charge in [-0.15, -0.1) is 5.10 Å². The smallest absolute Gasteiger partial charge is 0.269 e. The number of hydrogen-bond acceptors (Lipinski definition) is 6. The summed E-state index contributed by atoms with van der Waals surface area (Å²) in [5, 5.41) is 20.1. The van der Waals surface area contributed by atoms with Gasteiger partial charge in [-0.25, -0.2) is 0 Å². The van der Waals surface area contributed by atoms with Crippen molar-refractivity contribution >= 4 is 34.2 Å². The molecule has 8 heteroatoms. The Morgan fingerprint density at radius 1 is 1.04 bits per heavy atom. The number of carbonyl (C=O) groups is 1. The number of benzene rings is 1. The van der Waals surface area contributed by atoms with Crippen molar-refractivity contribution in [3.63, 3.8) is 0 Å². The van der Waals surface area contributed by atoms with Gasteiger partial charge in [-0.3, -0.25) is 19.8 Å². The first-order valence-electron chi connectivity index (χ1n) is 8.93. The first kappa shape index (κ1) is 18.6. The number of nitrogens with zero attached hydrogens (tertiary/aromatic N) is 4. The maximum Gasteiger partial charge on any atom is 0.269 e. The van der Waals surface area contributed by atoms with E-state index >= 15 is 0 Å². The summed E-state index contributed by atoms with van der Waals surface area (Å²) in [5.74, 6) is 0.349. The van der Waals surface area contributed by atoms with Crippen molar-refractivity contribution in [3.05, 3.63) is 39.9 Å². The summed E-state index contributed by atoms with van der Waals surface area (Å²) in [4.78, 5) is 24.1. The second kappa shape index (κ2) is 8.93. The molecule has 1 amide bonds. The molecule has 1 aliphatic heterocycles. The SMILES string of the molecule is O=C1CS/C(=N\N=C2CCCCCCC2)N1Cc1ccc([N+](=O)[O-])cc1. The Kier molecular flexibility index (Phi) is 6.38. The first-order chi connectivity index (χ1) is 12.6. The molecule has 138 valence electrons. The minimum absolute atomic E-state index is 0.00929. The number of thioether (sulfide) groups is 1. The van der Waals surface area contributed by atoms with Crippen LogP contribution in [0.15, 0.2) is 34.5 Å². The normalized spacial score (nSPS) is 20.2. The molecule has 1 aromatic rings. The number of carbonyl (C=O) groups excluding carboxylic acids is 1. The molecule has 0 atom stereocenters. The molecule has 2 aliphatic rings. The van der Waals surface area contributed by atoms with Crippen LogP contribution in [0, 0.1) is 10.1 Å². The molecule has 0 unspecified atom stereocenters. The molecule has 0 bridgehead atoms. The van der Waals surface area contributed by atoms with Gasteiger partial charge in [0.25, 0.3) is 5.69 Å². The summed E-state index contributed by atoms with van der Waals surface area (Å²) in [7, 11) is 0. The van der Waals surface area contributed by atoms with Crippen LogP contribution in [0.2, 0.25) is 0 Å². The quantitative estimate of drug-likeness (QED) is 0.585. The highest BCUT2D eigenvalue weighted by molar-refractivity contribution is 8.15. The summed E-state index contributed by atoms with van der Waals surface area (Å²) in [6, 6.07) is 6.25. The van der Waals surface area contributed by atoms with Crippen LogP contribution < -0.4 is 0 Å². The van der Waals surface area contributed by atoms with Gasteiger partial charge in [0.15, 0.2) is 5.17 Å². The number of rotatable bonds is 4. The largest absolute Gasteiger partial charge is 0.285 e. The van der Waals surface area contributed by atoms with Gasteiger partial charge in [0.05, 0.1) is 17.2 Å². The third-order valence-electron chi connectivity index (χ3n) is 4.55. The monoisotopic (exact) mass is 374 g/mol. The summed E-state index contributed by atoms with van der Waals surface area (Å²) in [6.45, 7) is 0.355. The minimum atomic E-state index is -0.432. The molecule has 0 radical (unpaired) electrons. The molecule has 1 aliphatic carbocycles. The highest BCUT2D eigenvalue weighted by Crippen LogP contribution is 2.23. The summed E-state index contributed by atoms with van der Waals surface area (Å²) in [6.07, 6.45) is 8.07. The van der Waals surface area contributed by atoms with Crippen LogP contribution in [-0.4, -0.2) is 32.4 Å². The van der Waals surface area contributed by atoms with Gasteiger partial charge in [-0.05, 0) is 31.2 Å². The van der Waals surface area contributed by atoms with Crippen LogP contribution in [0.5, 0.6) is 0 Å². The Morgan fingerprint density at radius 2 is 1.69 bits per heavy atom. The number of amides is 1. The van der Waals surface area contributed by atoms with Crippen LogP contribution in [-0.2, 0) is 11.3 Å². The molecule has 7 nitrogen and oxygen atoms in total. The van der Waals surface area contributed by atoms with Crippen molar-refractivity contribution in [1.29, 1.82) is 0 Å². The summed E-state index contributed by atoms with van der Waals surface area (Å²) >= 11 is 1.39. The van der Waals surface area contributed by atoms with Gasteiger partial charge in [-0.1, -0.05) is 43.2 Å². The van der Waals surface area contributed by atoms with Gasteiger partial charge < -0.3 is 0 Å². The number of hydrogen-bond donors (Lipinski definition) is 0. The molecule has 0 aromatic heterocycles. The fraction of sp³-hybridized carbons (Fsp3) is 0.500. The van der Waals surface area contributed by atoms with Crippen LogP contribution >= 0.6 is 11.8 Å². The Balaban J connectivity index is 1.70. The van der Waals surface area contributed by atoms with Gasteiger partial charge in [0.2, 0.25) is 5.91 Å². The lowest BCUT2D eigenvalue weighted by Gasteiger charge is -2.15. The molecule has 1 heterocycles. The van der Waals surface area contributed by atoms with Crippen molar-refractivity contribution in [3.8, 4) is 0 Å². The molecule has 2 fully saturated rings. The fourth-order valence-electron chi connectivity index (χ4n) is 3.06. The van der Waals surface area contributed by atoms with E-state index in [1.54, 1.807) is 17.0 Å². The molecule has 1 saturated heterocycles. The Bertz CT molecular complexity index is 720. The van der Waals surface area contributed by atoms with Crippen molar-refractivity contribution in [2.45, 2.75) is 51.5 Å². The number of amidine groups is 1. The zero-order valence-corrected chi connectivity index (χ0v) is 15.4. The van der Waals surface area contributed by atoms with Gasteiger partial charge in [0.1, 0.15) is 0 Å². The van der Waals surface area contributed by atoms with E-state index in [1.165, 1.54) is 43.2 Å². The van der Waals surface area contributed by atoms with E-state index in [0.29, 0.717) is 17.5 Å². The second-order valence-corrected chi connectivity index (χ2v) is 7.45. The van der Waals surface area contributed by atoms with E-state index in [2.05, 4.69) is 10.2 Å². The molecular formula is C18H22N4O3S. The molecule has 1 aromatic carbocycles. The maximum absolute atomic E-state index is 12.2. The second-order valence-electron chi connectivity index (χ2n) is 6.51. The predicted molar refractivity (Wildman–Crippen MR) is 103 cm³/mol. The lowest BCUT2D eigenvalue weighted by molar-refractivity contribution is -0.384. The Morgan fingerprint density at radius 3 is 2.35 bits per heavy atom. The van der Waals surface area contributed by atoms with Crippen molar-refractivity contribution < 1.29 is 9.72 Å². The molecule has 3 rings (SSSR count). The summed E-state index contributed by atoms with van der Waals surface area (Å²) < 4.78 is 0. The number of non-ortho nitro benzene ring substituents is 1. The highest BCUT2D eigenvalue weighted by Gasteiger charge is 2.28. The van der Waals surface area contributed by atoms with Gasteiger partial charge in [0, 0.05) is 17.8 Å². The Hall–Kier alpha value is -2.22. The zero-order chi connectivity index (χ0) is 18.4. The third-order valence-corrected chi connectivity index (χ3v) is 5.50. The van der Waals surface area contributed by atoms with Gasteiger partial charge >= 0.3 is 0 Å². The predicted octanol–water partition coefficient (Wildman–Crippen LogP) is 4.13. The summed E-state index contributed by atoms with van der Waals surface area (Å²) in [5.41, 5.74) is 1.99. The van der Waals surface area contributed by atoms with E-state index < -0.39 is 4.92 Å². The minimum Gasteiger partial charge on any atom is -0.285 e. The number of nitro benzene ring substituents is 1. The van der Waals surface area contributed by atoms with Crippen molar-refractivity contribution in [2.24, 2.45) is 10.2 Å². The van der Waals surface area contributed by atoms with Crippen LogP contribution in [0.25, 0.3) is 0 Å². The molecular weight excluding hydrogens is 352 g/mol. The van der Waals surface area contributed by atoms with E-state index in [4.69, 9.17) is 0 Å². The van der Waals surface area contributed by atoms with E-state index in [9.17, 15) is 14.9 Å². The lowest BCUT2D eigenvalue weighted by atomic mass is 9.99. The van der Waals surface area contributed by atoms with E-state index in [-0.39, 0.29) is 11.6 Å². The van der Waals surface area contributed by atoms with Crippen LogP contribution in [0.4, 0.5) is 5.69 Å². The van der Waals surface area contributed by atoms with Crippen molar-refractivity contribution in [1.82, 2.24) is 4.90 Å². The van der Waals surface area contributed by atoms with E-state index in [0.717, 1.165) is 37.0 Å². The van der Waals surface area contributed by atoms with Crippen LogP contribution in [0.1, 0.15) is 50.5 Å². The molecule has 26 heavy (non-hydrogen) atoms. The standard InChI is InChI=1S/C18H22N4O3S/c23-17-13-26-18(20-19-15-6-4-2-1-3-5-7-15)21(17)12-14-8-10-16(11-9-14)22(24)25/h8-11H,1-7,12-13H2/b20-18-.